The maximum Gasteiger partial charge on any atom is 0.168 e. The predicted molar refractivity (Wildman–Crippen MR) is 70.0 cm³/mol. The van der Waals surface area contributed by atoms with Crippen LogP contribution < -0.4 is 10.6 Å². The molecule has 0 radical (unpaired) electrons. The van der Waals surface area contributed by atoms with Gasteiger partial charge in [-0.05, 0) is 27.7 Å². The van der Waals surface area contributed by atoms with Crippen LogP contribution in [0.1, 0.15) is 27.7 Å². The predicted octanol–water partition coefficient (Wildman–Crippen LogP) is 2.34. The van der Waals surface area contributed by atoms with Crippen LogP contribution in [0.15, 0.2) is 6.07 Å². The summed E-state index contributed by atoms with van der Waals surface area (Å²) >= 11 is 0. The highest BCUT2D eigenvalue weighted by atomic mass is 19.1. The molecule has 2 rings (SSSR count). The van der Waals surface area contributed by atoms with E-state index in [9.17, 15) is 8.78 Å². The van der Waals surface area contributed by atoms with Gasteiger partial charge in [0.25, 0.3) is 0 Å². The Kier molecular flexibility index (Phi) is 3.16. The molecule has 0 amide bonds. The van der Waals surface area contributed by atoms with Crippen LogP contribution in [0.25, 0.3) is 0 Å². The summed E-state index contributed by atoms with van der Waals surface area (Å²) in [5.41, 5.74) is 4.53. The SMILES string of the molecule is CC1(C)CN(c2nc(N)c(F)cc2F)CC(C)(C)O1. The molecule has 106 valence electrons. The lowest BCUT2D eigenvalue weighted by molar-refractivity contribution is -0.133. The summed E-state index contributed by atoms with van der Waals surface area (Å²) in [5.74, 6) is -1.77. The van der Waals surface area contributed by atoms with Crippen molar-refractivity contribution in [3.8, 4) is 0 Å². The maximum absolute atomic E-state index is 13.9. The van der Waals surface area contributed by atoms with Gasteiger partial charge in [0, 0.05) is 19.2 Å². The standard InChI is InChI=1S/C13H19F2N3O/c1-12(2)6-18(7-13(3,4)19-12)11-9(15)5-8(14)10(16)17-11/h5H,6-7H2,1-4H3,(H2,16,17). The van der Waals surface area contributed by atoms with E-state index in [2.05, 4.69) is 4.98 Å². The van der Waals surface area contributed by atoms with Gasteiger partial charge in [-0.1, -0.05) is 0 Å². The number of hydrogen-bond acceptors (Lipinski definition) is 4. The van der Waals surface area contributed by atoms with E-state index in [0.29, 0.717) is 13.1 Å². The molecule has 1 aliphatic heterocycles. The zero-order chi connectivity index (χ0) is 14.4. The van der Waals surface area contributed by atoms with Crippen LogP contribution in [-0.4, -0.2) is 29.3 Å². The van der Waals surface area contributed by atoms with Gasteiger partial charge >= 0.3 is 0 Å². The van der Waals surface area contributed by atoms with Crippen molar-refractivity contribution in [1.29, 1.82) is 0 Å². The number of morpholine rings is 1. The van der Waals surface area contributed by atoms with Crippen molar-refractivity contribution in [3.05, 3.63) is 17.7 Å². The van der Waals surface area contributed by atoms with Crippen LogP contribution in [0, 0.1) is 11.6 Å². The lowest BCUT2D eigenvalue weighted by Crippen LogP contribution is -2.57. The second-order valence-electron chi connectivity index (χ2n) is 6.14. The molecule has 1 saturated heterocycles. The second-order valence-corrected chi connectivity index (χ2v) is 6.14. The van der Waals surface area contributed by atoms with Gasteiger partial charge < -0.3 is 15.4 Å². The second kappa shape index (κ2) is 4.30. The number of ether oxygens (including phenoxy) is 1. The first-order valence-corrected chi connectivity index (χ1v) is 6.16. The van der Waals surface area contributed by atoms with Crippen molar-refractivity contribution >= 4 is 11.6 Å². The Hall–Kier alpha value is -1.43. The molecule has 1 aliphatic rings. The lowest BCUT2D eigenvalue weighted by Gasteiger charge is -2.47. The van der Waals surface area contributed by atoms with E-state index in [4.69, 9.17) is 10.5 Å². The van der Waals surface area contributed by atoms with E-state index >= 15 is 0 Å². The van der Waals surface area contributed by atoms with E-state index < -0.39 is 22.8 Å². The molecule has 0 unspecified atom stereocenters. The van der Waals surface area contributed by atoms with Crippen LogP contribution in [-0.2, 0) is 4.74 Å². The quantitative estimate of drug-likeness (QED) is 0.851. The van der Waals surface area contributed by atoms with Crippen molar-refractivity contribution in [2.75, 3.05) is 23.7 Å². The minimum atomic E-state index is -0.840. The molecule has 2 heterocycles. The molecule has 1 aromatic rings. The molecule has 2 N–H and O–H groups in total. The number of nitrogen functional groups attached to an aromatic ring is 1. The van der Waals surface area contributed by atoms with Crippen molar-refractivity contribution < 1.29 is 13.5 Å². The third kappa shape index (κ3) is 2.94. The number of nitrogens with zero attached hydrogens (tertiary/aromatic N) is 2. The highest BCUT2D eigenvalue weighted by Gasteiger charge is 2.39. The third-order valence-electron chi connectivity index (χ3n) is 2.93. The highest BCUT2D eigenvalue weighted by Crippen LogP contribution is 2.32. The van der Waals surface area contributed by atoms with Gasteiger partial charge in [-0.25, -0.2) is 13.8 Å². The minimum Gasteiger partial charge on any atom is -0.381 e. The Balaban J connectivity index is 2.39. The fourth-order valence-corrected chi connectivity index (χ4v) is 2.63. The summed E-state index contributed by atoms with van der Waals surface area (Å²) in [4.78, 5) is 5.57. The first kappa shape index (κ1) is 14.0. The summed E-state index contributed by atoms with van der Waals surface area (Å²) in [6.07, 6.45) is 0. The van der Waals surface area contributed by atoms with Gasteiger partial charge in [0.2, 0.25) is 0 Å². The summed E-state index contributed by atoms with van der Waals surface area (Å²) in [6.45, 7) is 8.62. The lowest BCUT2D eigenvalue weighted by atomic mass is 9.99. The Morgan fingerprint density at radius 3 is 2.21 bits per heavy atom. The van der Waals surface area contributed by atoms with E-state index in [-0.39, 0.29) is 11.6 Å². The van der Waals surface area contributed by atoms with Crippen LogP contribution in [0.5, 0.6) is 0 Å². The van der Waals surface area contributed by atoms with Crippen molar-refractivity contribution in [3.63, 3.8) is 0 Å². The smallest absolute Gasteiger partial charge is 0.168 e. The normalized spacial score (nSPS) is 21.5. The number of rotatable bonds is 1. The topological polar surface area (TPSA) is 51.4 Å². The molecule has 0 spiro atoms. The Morgan fingerprint density at radius 2 is 1.68 bits per heavy atom. The maximum atomic E-state index is 13.9. The Morgan fingerprint density at radius 1 is 1.16 bits per heavy atom. The molecule has 19 heavy (non-hydrogen) atoms. The van der Waals surface area contributed by atoms with Gasteiger partial charge in [-0.15, -0.1) is 0 Å². The molecule has 1 fully saturated rings. The first-order chi connectivity index (χ1) is 8.60. The summed E-state index contributed by atoms with van der Waals surface area (Å²) in [6, 6.07) is 0.771. The van der Waals surface area contributed by atoms with E-state index in [0.717, 1.165) is 6.07 Å². The van der Waals surface area contributed by atoms with Gasteiger partial charge in [-0.2, -0.15) is 0 Å². The molecule has 0 saturated carbocycles. The zero-order valence-corrected chi connectivity index (χ0v) is 11.6. The molecular weight excluding hydrogens is 252 g/mol. The fraction of sp³-hybridized carbons (Fsp3) is 0.615. The van der Waals surface area contributed by atoms with E-state index in [1.807, 2.05) is 27.7 Å². The van der Waals surface area contributed by atoms with Crippen molar-refractivity contribution in [2.45, 2.75) is 38.9 Å². The van der Waals surface area contributed by atoms with Gasteiger partial charge in [0.05, 0.1) is 11.2 Å². The van der Waals surface area contributed by atoms with Crippen LogP contribution in [0.2, 0.25) is 0 Å². The minimum absolute atomic E-state index is 0.0725. The zero-order valence-electron chi connectivity index (χ0n) is 11.6. The Labute approximate surface area is 111 Å². The van der Waals surface area contributed by atoms with Gasteiger partial charge in [-0.3, -0.25) is 0 Å². The summed E-state index contributed by atoms with van der Waals surface area (Å²) < 4.78 is 32.9. The van der Waals surface area contributed by atoms with Gasteiger partial charge in [0.15, 0.2) is 23.3 Å². The van der Waals surface area contributed by atoms with Crippen LogP contribution >= 0.6 is 0 Å². The average Bonchev–Trinajstić information content (AvgIpc) is 2.18. The molecule has 0 aliphatic carbocycles. The van der Waals surface area contributed by atoms with E-state index in [1.54, 1.807) is 4.90 Å². The molecule has 0 bridgehead atoms. The van der Waals surface area contributed by atoms with Crippen LogP contribution in [0.4, 0.5) is 20.4 Å². The molecule has 6 heteroatoms. The fourth-order valence-electron chi connectivity index (χ4n) is 2.63. The first-order valence-electron chi connectivity index (χ1n) is 6.16. The number of halogens is 2. The Bertz CT molecular complexity index is 487. The molecule has 1 aromatic heterocycles. The molecule has 4 nitrogen and oxygen atoms in total. The monoisotopic (exact) mass is 271 g/mol. The number of pyridine rings is 1. The van der Waals surface area contributed by atoms with Gasteiger partial charge in [0.1, 0.15) is 0 Å². The van der Waals surface area contributed by atoms with Crippen LogP contribution in [0.3, 0.4) is 0 Å². The number of anilines is 2. The highest BCUT2D eigenvalue weighted by molar-refractivity contribution is 5.48. The molecule has 0 atom stereocenters. The molecular formula is C13H19F2N3O. The number of nitrogens with two attached hydrogens (primary N) is 1. The average molecular weight is 271 g/mol. The van der Waals surface area contributed by atoms with E-state index in [1.165, 1.54) is 0 Å². The largest absolute Gasteiger partial charge is 0.381 e. The summed E-state index contributed by atoms with van der Waals surface area (Å²) in [7, 11) is 0. The van der Waals surface area contributed by atoms with Crippen molar-refractivity contribution in [2.24, 2.45) is 0 Å². The number of hydrogen-bond donors (Lipinski definition) is 1. The summed E-state index contributed by atoms with van der Waals surface area (Å²) in [5, 5.41) is 0. The number of aromatic nitrogens is 1. The third-order valence-corrected chi connectivity index (χ3v) is 2.93. The van der Waals surface area contributed by atoms with Crippen molar-refractivity contribution in [1.82, 2.24) is 4.98 Å². The molecule has 0 aromatic carbocycles.